The third kappa shape index (κ3) is 6.12. The number of aliphatic hydroxyl groups excluding tert-OH is 2. The molecule has 2 rings (SSSR count). The van der Waals surface area contributed by atoms with Crippen LogP contribution >= 0.6 is 12.4 Å². The van der Waals surface area contributed by atoms with Crippen LogP contribution in [-0.2, 0) is 11.2 Å². The molecule has 0 spiro atoms. The molecule has 2 aromatic carbocycles. The van der Waals surface area contributed by atoms with E-state index < -0.39 is 12.0 Å². The molecule has 9 heteroatoms. The molecule has 2 aromatic rings. The van der Waals surface area contributed by atoms with Crippen molar-refractivity contribution in [3.63, 3.8) is 0 Å². The molecular weight excluding hydrogens is 386 g/mol. The van der Waals surface area contributed by atoms with Gasteiger partial charge in [0.2, 0.25) is 0 Å². The van der Waals surface area contributed by atoms with E-state index in [2.05, 4.69) is 5.32 Å². The lowest BCUT2D eigenvalue weighted by Gasteiger charge is -2.20. The van der Waals surface area contributed by atoms with Crippen LogP contribution < -0.4 is 15.8 Å². The summed E-state index contributed by atoms with van der Waals surface area (Å²) in [5.41, 5.74) is 7.65. The maximum absolute atomic E-state index is 11.9. The van der Waals surface area contributed by atoms with Crippen LogP contribution in [0.5, 0.6) is 5.75 Å². The number of halogens is 1. The lowest BCUT2D eigenvalue weighted by molar-refractivity contribution is -0.138. The topological polar surface area (TPSA) is 149 Å². The van der Waals surface area contributed by atoms with E-state index in [1.54, 1.807) is 42.5 Å². The van der Waals surface area contributed by atoms with E-state index in [1.165, 1.54) is 0 Å². The van der Waals surface area contributed by atoms with Gasteiger partial charge in [0.15, 0.2) is 6.04 Å². The van der Waals surface area contributed by atoms with Crippen molar-refractivity contribution < 1.29 is 24.9 Å². The molecular formula is C19H24ClN3O5. The Balaban J connectivity index is 0.00000392. The normalized spacial score (nSPS) is 11.2. The molecule has 0 aliphatic heterocycles. The average Bonchev–Trinajstić information content (AvgIpc) is 2.65. The quantitative estimate of drug-likeness (QED) is 0.257. The van der Waals surface area contributed by atoms with Crippen molar-refractivity contribution in [3.8, 4) is 5.75 Å². The summed E-state index contributed by atoms with van der Waals surface area (Å²) in [7, 11) is 0. The molecule has 0 radical (unpaired) electrons. The van der Waals surface area contributed by atoms with E-state index in [0.717, 1.165) is 5.56 Å². The summed E-state index contributed by atoms with van der Waals surface area (Å²) < 4.78 is 5.48. The molecule has 8 nitrogen and oxygen atoms in total. The van der Waals surface area contributed by atoms with Gasteiger partial charge in [-0.15, -0.1) is 12.4 Å². The van der Waals surface area contributed by atoms with Gasteiger partial charge in [-0.25, -0.2) is 4.79 Å². The molecule has 1 unspecified atom stereocenters. The van der Waals surface area contributed by atoms with Crippen molar-refractivity contribution in [2.45, 2.75) is 12.5 Å². The fourth-order valence-corrected chi connectivity index (χ4v) is 2.58. The minimum absolute atomic E-state index is 0. The number of aliphatic carboxylic acids is 1. The Morgan fingerprint density at radius 1 is 1.14 bits per heavy atom. The van der Waals surface area contributed by atoms with Gasteiger partial charge in [-0.3, -0.25) is 5.41 Å². The van der Waals surface area contributed by atoms with Gasteiger partial charge in [0.1, 0.15) is 18.2 Å². The summed E-state index contributed by atoms with van der Waals surface area (Å²) in [6.45, 7) is -0.227. The van der Waals surface area contributed by atoms with Gasteiger partial charge in [-0.05, 0) is 48.4 Å². The van der Waals surface area contributed by atoms with Gasteiger partial charge >= 0.3 is 5.97 Å². The molecule has 0 saturated carbocycles. The highest BCUT2D eigenvalue weighted by molar-refractivity contribution is 5.95. The van der Waals surface area contributed by atoms with Gasteiger partial charge in [0.25, 0.3) is 0 Å². The summed E-state index contributed by atoms with van der Waals surface area (Å²) in [4.78, 5) is 11.9. The van der Waals surface area contributed by atoms with Crippen molar-refractivity contribution in [3.05, 3.63) is 59.2 Å². The van der Waals surface area contributed by atoms with Gasteiger partial charge in [-0.1, -0.05) is 6.07 Å². The number of hydrogen-bond acceptors (Lipinski definition) is 6. The van der Waals surface area contributed by atoms with E-state index in [-0.39, 0.29) is 38.1 Å². The minimum Gasteiger partial charge on any atom is -0.491 e. The molecule has 0 fully saturated rings. The molecule has 0 aromatic heterocycles. The first-order chi connectivity index (χ1) is 13.0. The van der Waals surface area contributed by atoms with Crippen LogP contribution in [0.25, 0.3) is 0 Å². The number of hydrogen-bond donors (Lipinski definition) is 6. The zero-order valence-electron chi connectivity index (χ0n) is 15.1. The Morgan fingerprint density at radius 3 is 2.36 bits per heavy atom. The second-order valence-electron chi connectivity index (χ2n) is 5.82. The average molecular weight is 410 g/mol. The van der Waals surface area contributed by atoms with E-state index in [0.29, 0.717) is 29.0 Å². The van der Waals surface area contributed by atoms with Gasteiger partial charge in [-0.2, -0.15) is 0 Å². The van der Waals surface area contributed by atoms with Crippen molar-refractivity contribution in [2.24, 2.45) is 5.73 Å². The summed E-state index contributed by atoms with van der Waals surface area (Å²) in [5.74, 6) is -0.848. The number of ether oxygens (including phenoxy) is 1. The zero-order valence-corrected chi connectivity index (χ0v) is 15.9. The molecule has 7 N–H and O–H groups in total. The molecule has 0 aliphatic carbocycles. The Hall–Kier alpha value is -2.81. The molecule has 28 heavy (non-hydrogen) atoms. The van der Waals surface area contributed by atoms with Crippen LogP contribution in [-0.4, -0.2) is 46.9 Å². The fraction of sp³-hybridized carbons (Fsp3) is 0.263. The van der Waals surface area contributed by atoms with Gasteiger partial charge in [0.05, 0.1) is 6.61 Å². The molecule has 152 valence electrons. The molecule has 1 atom stereocenters. The summed E-state index contributed by atoms with van der Waals surface area (Å²) >= 11 is 0. The summed E-state index contributed by atoms with van der Waals surface area (Å²) in [5, 5.41) is 38.2. The number of nitrogens with two attached hydrogens (primary N) is 1. The molecule has 0 amide bonds. The standard InChI is InChI=1S/C19H23N3O5.ClH/c20-18(21)13-2-4-14(5-3-13)22-17(19(25)26)15-11-12(7-8-23)1-6-16(15)27-10-9-24;/h1-6,11,17,22-24H,7-10H2,(H3,20,21)(H,25,26);1H. The maximum atomic E-state index is 11.9. The number of nitrogens with one attached hydrogen (secondary N) is 2. The Kier molecular flexibility index (Phi) is 9.23. The Labute approximate surface area is 168 Å². The maximum Gasteiger partial charge on any atom is 0.330 e. The Morgan fingerprint density at radius 2 is 1.82 bits per heavy atom. The van der Waals surface area contributed by atoms with Crippen molar-refractivity contribution >= 4 is 29.9 Å². The van der Waals surface area contributed by atoms with E-state index in [4.69, 9.17) is 26.1 Å². The predicted octanol–water partition coefficient (Wildman–Crippen LogP) is 1.54. The number of anilines is 1. The first-order valence-corrected chi connectivity index (χ1v) is 8.37. The lowest BCUT2D eigenvalue weighted by atomic mass is 10.0. The van der Waals surface area contributed by atoms with Crippen molar-refractivity contribution in [1.82, 2.24) is 0 Å². The van der Waals surface area contributed by atoms with Crippen LogP contribution in [0, 0.1) is 5.41 Å². The number of carbonyl (C=O) groups is 1. The fourth-order valence-electron chi connectivity index (χ4n) is 2.58. The van der Waals surface area contributed by atoms with Crippen LogP contribution in [0.1, 0.15) is 22.7 Å². The SMILES string of the molecule is Cl.N=C(N)c1ccc(NC(C(=O)O)c2cc(CCO)ccc2OCCO)cc1. The second kappa shape index (κ2) is 11.1. The zero-order chi connectivity index (χ0) is 19.8. The van der Waals surface area contributed by atoms with Crippen molar-refractivity contribution in [2.75, 3.05) is 25.1 Å². The summed E-state index contributed by atoms with van der Waals surface area (Å²) in [6.07, 6.45) is 0.382. The number of aliphatic hydroxyl groups is 2. The number of rotatable bonds is 10. The van der Waals surface area contributed by atoms with Gasteiger partial charge in [0, 0.05) is 23.4 Å². The third-order valence-electron chi connectivity index (χ3n) is 3.89. The lowest BCUT2D eigenvalue weighted by Crippen LogP contribution is -2.22. The van der Waals surface area contributed by atoms with E-state index >= 15 is 0 Å². The number of carboxylic acids is 1. The number of amidine groups is 1. The number of benzene rings is 2. The minimum atomic E-state index is -1.11. The third-order valence-corrected chi connectivity index (χ3v) is 3.89. The molecule has 0 bridgehead atoms. The van der Waals surface area contributed by atoms with Crippen LogP contribution in [0.4, 0.5) is 5.69 Å². The number of nitrogen functional groups attached to an aromatic ring is 1. The molecule has 0 saturated heterocycles. The molecule has 0 heterocycles. The largest absolute Gasteiger partial charge is 0.491 e. The Bertz CT molecular complexity index is 799. The highest BCUT2D eigenvalue weighted by Gasteiger charge is 2.24. The van der Waals surface area contributed by atoms with Crippen LogP contribution in [0.3, 0.4) is 0 Å². The first-order valence-electron chi connectivity index (χ1n) is 8.37. The first kappa shape index (κ1) is 23.2. The second-order valence-corrected chi connectivity index (χ2v) is 5.82. The summed E-state index contributed by atoms with van der Waals surface area (Å²) in [6, 6.07) is 10.4. The highest BCUT2D eigenvalue weighted by Crippen LogP contribution is 2.30. The highest BCUT2D eigenvalue weighted by atomic mass is 35.5. The monoisotopic (exact) mass is 409 g/mol. The number of carboxylic acid groups (broad SMARTS) is 1. The van der Waals surface area contributed by atoms with Gasteiger partial charge < -0.3 is 31.1 Å². The van der Waals surface area contributed by atoms with Crippen LogP contribution in [0.15, 0.2) is 42.5 Å². The molecule has 0 aliphatic rings. The smallest absolute Gasteiger partial charge is 0.330 e. The van der Waals surface area contributed by atoms with E-state index in [9.17, 15) is 9.90 Å². The van der Waals surface area contributed by atoms with E-state index in [1.807, 2.05) is 0 Å². The van der Waals surface area contributed by atoms with Crippen LogP contribution in [0.2, 0.25) is 0 Å². The predicted molar refractivity (Wildman–Crippen MR) is 109 cm³/mol. The van der Waals surface area contributed by atoms with Crippen molar-refractivity contribution in [1.29, 1.82) is 5.41 Å².